The van der Waals surface area contributed by atoms with Crippen molar-refractivity contribution in [3.63, 3.8) is 0 Å². The molecule has 0 aromatic heterocycles. The quantitative estimate of drug-likeness (QED) is 0.0195. The molecule has 9 nitrogen and oxygen atoms in total. The lowest BCUT2D eigenvalue weighted by Gasteiger charge is -2.28. The summed E-state index contributed by atoms with van der Waals surface area (Å²) in [6.07, 6.45) is 60.0. The van der Waals surface area contributed by atoms with Crippen LogP contribution in [0.1, 0.15) is 181 Å². The summed E-state index contributed by atoms with van der Waals surface area (Å²) in [7, 11) is 1.13. The van der Waals surface area contributed by atoms with Gasteiger partial charge in [0.2, 0.25) is 0 Å². The minimum absolute atomic E-state index is 0.0430. The van der Waals surface area contributed by atoms with Crippen LogP contribution in [-0.4, -0.2) is 70.0 Å². The van der Waals surface area contributed by atoms with Gasteiger partial charge in [-0.05, 0) is 96.3 Å². The van der Waals surface area contributed by atoms with Crippen molar-refractivity contribution in [3.05, 3.63) is 97.2 Å². The number of esters is 2. The van der Waals surface area contributed by atoms with Gasteiger partial charge in [0.05, 0.1) is 27.7 Å². The number of allylic oxidation sites excluding steroid dienone is 16. The molecule has 0 fully saturated rings. The number of hydrogen-bond donors (Lipinski definition) is 0. The van der Waals surface area contributed by atoms with Crippen molar-refractivity contribution in [1.82, 2.24) is 0 Å². The van der Waals surface area contributed by atoms with Crippen LogP contribution in [0.25, 0.3) is 0 Å². The van der Waals surface area contributed by atoms with Crippen LogP contribution in [0.4, 0.5) is 0 Å². The second-order valence-electron chi connectivity index (χ2n) is 17.4. The number of nitrogens with zero attached hydrogens (tertiary/aromatic N) is 1. The first-order valence-electron chi connectivity index (χ1n) is 24.9. The molecule has 0 N–H and O–H groups in total. The molecule has 0 saturated heterocycles. The highest BCUT2D eigenvalue weighted by Gasteiger charge is 2.21. The van der Waals surface area contributed by atoms with Crippen LogP contribution < -0.4 is 4.89 Å². The summed E-state index contributed by atoms with van der Waals surface area (Å²) in [4.78, 5) is 37.7. The molecule has 366 valence electrons. The standard InChI is InChI=1S/C54H92NO8P/c1-6-8-10-12-14-16-18-20-22-24-26-27-29-31-33-35-37-39-41-43-45-47-54(57)63-52(51-62-64(58,59)61-49-48-55(3,4)5)50-60-53(56)46-44-42-40-38-36-34-32-30-28-25-23-21-19-17-15-13-11-9-7-2/h8,10,14-17,20-23,26-28,30-31,33,52H,6-7,9,11-13,18-19,24-25,29,32,34-51H2,1-5H3/b10-8-,16-14-,17-15-,22-20-,23-21-,27-26-,30-28-,33-31-. The number of unbranched alkanes of at least 4 members (excludes halogenated alkanes) is 14. The lowest BCUT2D eigenvalue weighted by Crippen LogP contribution is -2.37. The maximum Gasteiger partial charge on any atom is 0.306 e. The maximum atomic E-state index is 12.7. The number of ether oxygens (including phenoxy) is 2. The molecule has 0 saturated carbocycles. The molecule has 0 aliphatic rings. The van der Waals surface area contributed by atoms with Crippen molar-refractivity contribution in [2.45, 2.75) is 187 Å². The predicted octanol–water partition coefficient (Wildman–Crippen LogP) is 14.3. The normalized spacial score (nSPS) is 14.3. The van der Waals surface area contributed by atoms with Crippen LogP contribution >= 0.6 is 7.82 Å². The van der Waals surface area contributed by atoms with E-state index in [1.54, 1.807) is 0 Å². The summed E-state index contributed by atoms with van der Waals surface area (Å²) in [5.74, 6) is -0.879. The fraction of sp³-hybridized carbons (Fsp3) is 0.667. The van der Waals surface area contributed by atoms with Gasteiger partial charge in [-0.2, -0.15) is 0 Å². The Labute approximate surface area is 392 Å². The molecule has 2 unspecified atom stereocenters. The zero-order valence-corrected chi connectivity index (χ0v) is 42.1. The zero-order chi connectivity index (χ0) is 47.1. The molecular formula is C54H92NO8P. The van der Waals surface area contributed by atoms with Crippen molar-refractivity contribution in [2.24, 2.45) is 0 Å². The molecule has 0 aromatic carbocycles. The molecule has 10 heteroatoms. The Bertz CT molecular complexity index is 1400. The van der Waals surface area contributed by atoms with Gasteiger partial charge in [-0.25, -0.2) is 0 Å². The Hall–Kier alpha value is -3.07. The van der Waals surface area contributed by atoms with E-state index in [-0.39, 0.29) is 26.1 Å². The van der Waals surface area contributed by atoms with Crippen LogP contribution in [-0.2, 0) is 32.7 Å². The van der Waals surface area contributed by atoms with Gasteiger partial charge in [0, 0.05) is 12.8 Å². The van der Waals surface area contributed by atoms with Crippen LogP contribution in [0.2, 0.25) is 0 Å². The molecule has 0 spiro atoms. The van der Waals surface area contributed by atoms with Gasteiger partial charge in [-0.1, -0.05) is 169 Å². The second-order valence-corrected chi connectivity index (χ2v) is 18.9. The third-order valence-electron chi connectivity index (χ3n) is 10.1. The number of phosphoric ester groups is 1. The van der Waals surface area contributed by atoms with Gasteiger partial charge in [-0.3, -0.25) is 14.2 Å². The Kier molecular flexibility index (Phi) is 42.9. The van der Waals surface area contributed by atoms with Crippen molar-refractivity contribution < 1.29 is 42.1 Å². The van der Waals surface area contributed by atoms with Crippen LogP contribution in [0.3, 0.4) is 0 Å². The van der Waals surface area contributed by atoms with E-state index in [1.807, 2.05) is 21.1 Å². The first kappa shape index (κ1) is 60.9. The fourth-order valence-electron chi connectivity index (χ4n) is 6.22. The number of rotatable bonds is 44. The summed E-state index contributed by atoms with van der Waals surface area (Å²) < 4.78 is 34.0. The largest absolute Gasteiger partial charge is 0.756 e. The molecule has 0 heterocycles. The average molecular weight is 914 g/mol. The van der Waals surface area contributed by atoms with Crippen LogP contribution in [0.5, 0.6) is 0 Å². The van der Waals surface area contributed by atoms with E-state index in [4.69, 9.17) is 18.5 Å². The predicted molar refractivity (Wildman–Crippen MR) is 268 cm³/mol. The molecule has 2 atom stereocenters. The topological polar surface area (TPSA) is 111 Å². The van der Waals surface area contributed by atoms with Gasteiger partial charge in [-0.15, -0.1) is 0 Å². The van der Waals surface area contributed by atoms with Gasteiger partial charge in [0.1, 0.15) is 19.8 Å². The lowest BCUT2D eigenvalue weighted by atomic mass is 10.1. The molecule has 0 rings (SSSR count). The Morgan fingerprint density at radius 2 is 0.891 bits per heavy atom. The van der Waals surface area contributed by atoms with E-state index >= 15 is 0 Å². The molecule has 0 aliphatic carbocycles. The maximum absolute atomic E-state index is 12.7. The fourth-order valence-corrected chi connectivity index (χ4v) is 6.94. The first-order chi connectivity index (χ1) is 31.0. The first-order valence-corrected chi connectivity index (χ1v) is 26.4. The Morgan fingerprint density at radius 1 is 0.500 bits per heavy atom. The number of likely N-dealkylation sites (N-methyl/N-ethyl adjacent to an activating group) is 1. The lowest BCUT2D eigenvalue weighted by molar-refractivity contribution is -0.870. The highest BCUT2D eigenvalue weighted by atomic mass is 31.2. The monoisotopic (exact) mass is 914 g/mol. The number of phosphoric acid groups is 1. The van der Waals surface area contributed by atoms with Crippen molar-refractivity contribution in [2.75, 3.05) is 47.5 Å². The summed E-state index contributed by atoms with van der Waals surface area (Å²) >= 11 is 0. The molecular weight excluding hydrogens is 822 g/mol. The Morgan fingerprint density at radius 3 is 1.33 bits per heavy atom. The van der Waals surface area contributed by atoms with Crippen LogP contribution in [0, 0.1) is 0 Å². The average Bonchev–Trinajstić information content (AvgIpc) is 3.25. The molecule has 0 aromatic rings. The summed E-state index contributed by atoms with van der Waals surface area (Å²) in [6.45, 7) is 4.04. The highest BCUT2D eigenvalue weighted by Crippen LogP contribution is 2.38. The van der Waals surface area contributed by atoms with Crippen molar-refractivity contribution in [3.8, 4) is 0 Å². The Balaban J connectivity index is 4.37. The van der Waals surface area contributed by atoms with Crippen molar-refractivity contribution in [1.29, 1.82) is 0 Å². The van der Waals surface area contributed by atoms with Gasteiger partial charge < -0.3 is 27.9 Å². The van der Waals surface area contributed by atoms with Gasteiger partial charge >= 0.3 is 11.9 Å². The molecule has 0 aliphatic heterocycles. The smallest absolute Gasteiger partial charge is 0.306 e. The number of hydrogen-bond acceptors (Lipinski definition) is 8. The van der Waals surface area contributed by atoms with Gasteiger partial charge in [0.15, 0.2) is 6.10 Å². The minimum Gasteiger partial charge on any atom is -0.756 e. The third kappa shape index (κ3) is 48.4. The number of carbonyl (C=O) groups is 2. The zero-order valence-electron chi connectivity index (χ0n) is 41.2. The molecule has 64 heavy (non-hydrogen) atoms. The van der Waals surface area contributed by atoms with Crippen LogP contribution in [0.15, 0.2) is 97.2 Å². The van der Waals surface area contributed by atoms with E-state index in [9.17, 15) is 19.0 Å². The van der Waals surface area contributed by atoms with E-state index in [2.05, 4.69) is 111 Å². The molecule has 0 bridgehead atoms. The summed E-state index contributed by atoms with van der Waals surface area (Å²) in [6, 6.07) is 0. The summed E-state index contributed by atoms with van der Waals surface area (Å²) in [5.41, 5.74) is 0. The van der Waals surface area contributed by atoms with E-state index in [0.29, 0.717) is 23.9 Å². The molecule has 0 amide bonds. The minimum atomic E-state index is -4.65. The van der Waals surface area contributed by atoms with E-state index < -0.39 is 32.5 Å². The second kappa shape index (κ2) is 45.1. The van der Waals surface area contributed by atoms with Gasteiger partial charge in [0.25, 0.3) is 7.82 Å². The number of quaternary nitrogens is 1. The van der Waals surface area contributed by atoms with E-state index in [0.717, 1.165) is 116 Å². The van der Waals surface area contributed by atoms with E-state index in [1.165, 1.54) is 25.7 Å². The summed E-state index contributed by atoms with van der Waals surface area (Å²) in [5, 5.41) is 0. The highest BCUT2D eigenvalue weighted by molar-refractivity contribution is 7.45. The number of carbonyl (C=O) groups excluding carboxylic acids is 2. The third-order valence-corrected chi connectivity index (χ3v) is 11.1. The molecule has 0 radical (unpaired) electrons. The SMILES string of the molecule is CC/C=C\C/C=C\C/C=C\C/C=C\C/C=C\CCCCCCCC(=O)OC(COC(=O)CCCCCCCC/C=C\C/C=C\C/C=C\CCCCC)COP(=O)([O-])OCC[N+](C)(C)C. The van der Waals surface area contributed by atoms with Crippen molar-refractivity contribution >= 4 is 19.8 Å².